The maximum atomic E-state index is 11.6. The molecule has 3 nitrogen and oxygen atoms in total. The summed E-state index contributed by atoms with van der Waals surface area (Å²) in [6, 6.07) is 0. The molecule has 0 aliphatic heterocycles. The molecule has 3 heteroatoms. The third-order valence-electron chi connectivity index (χ3n) is 3.21. The van der Waals surface area contributed by atoms with Gasteiger partial charge < -0.3 is 10.4 Å². The Bertz CT molecular complexity index is 214. The molecule has 1 atom stereocenters. The zero-order valence-corrected chi connectivity index (χ0v) is 9.88. The van der Waals surface area contributed by atoms with E-state index < -0.39 is 0 Å². The molecule has 1 saturated carbocycles. The highest BCUT2D eigenvalue weighted by Crippen LogP contribution is 2.51. The molecular formula is C12H23NO2. The predicted molar refractivity (Wildman–Crippen MR) is 60.5 cm³/mol. The normalized spacial score (nSPS) is 22.5. The van der Waals surface area contributed by atoms with E-state index in [-0.39, 0.29) is 23.8 Å². The van der Waals surface area contributed by atoms with E-state index in [1.165, 1.54) is 0 Å². The van der Waals surface area contributed by atoms with Gasteiger partial charge in [0.15, 0.2) is 0 Å². The van der Waals surface area contributed by atoms with Gasteiger partial charge in [-0.1, -0.05) is 26.7 Å². The lowest BCUT2D eigenvalue weighted by Gasteiger charge is -2.06. The average Bonchev–Trinajstić information content (AvgIpc) is 2.81. The molecule has 0 saturated heterocycles. The maximum absolute atomic E-state index is 11.6. The van der Waals surface area contributed by atoms with Crippen molar-refractivity contribution in [2.45, 2.75) is 46.0 Å². The molecule has 88 valence electrons. The van der Waals surface area contributed by atoms with Crippen LogP contribution in [0.5, 0.6) is 0 Å². The average molecular weight is 213 g/mol. The summed E-state index contributed by atoms with van der Waals surface area (Å²) < 4.78 is 0. The van der Waals surface area contributed by atoms with Crippen LogP contribution in [0.2, 0.25) is 0 Å². The summed E-state index contributed by atoms with van der Waals surface area (Å²) in [5.74, 6) is 0.470. The molecule has 0 aromatic heterocycles. The minimum Gasteiger partial charge on any atom is -0.396 e. The molecule has 1 amide bonds. The third kappa shape index (κ3) is 4.20. The Morgan fingerprint density at radius 1 is 1.33 bits per heavy atom. The van der Waals surface area contributed by atoms with Crippen molar-refractivity contribution >= 4 is 5.91 Å². The van der Waals surface area contributed by atoms with Crippen LogP contribution in [0.25, 0.3) is 0 Å². The number of rotatable bonds is 7. The van der Waals surface area contributed by atoms with E-state index in [1.54, 1.807) is 0 Å². The molecule has 15 heavy (non-hydrogen) atoms. The van der Waals surface area contributed by atoms with Crippen molar-refractivity contribution in [2.24, 2.45) is 11.3 Å². The monoisotopic (exact) mass is 213 g/mol. The highest BCUT2D eigenvalue weighted by atomic mass is 16.2. The number of amides is 1. The van der Waals surface area contributed by atoms with Gasteiger partial charge in [0.1, 0.15) is 0 Å². The SMILES string of the molecule is CC1(C)CC1C(=O)NCCCCCCO. The number of carbonyl (C=O) groups excluding carboxylic acids is 1. The minimum atomic E-state index is 0.224. The molecule has 0 bridgehead atoms. The largest absolute Gasteiger partial charge is 0.396 e. The Morgan fingerprint density at radius 3 is 2.47 bits per heavy atom. The number of unbranched alkanes of at least 4 members (excludes halogenated alkanes) is 3. The number of nitrogens with one attached hydrogen (secondary N) is 1. The summed E-state index contributed by atoms with van der Waals surface area (Å²) in [7, 11) is 0. The summed E-state index contributed by atoms with van der Waals surface area (Å²) in [6.07, 6.45) is 5.09. The van der Waals surface area contributed by atoms with Gasteiger partial charge in [0.25, 0.3) is 0 Å². The molecule has 0 heterocycles. The van der Waals surface area contributed by atoms with E-state index in [0.29, 0.717) is 0 Å². The van der Waals surface area contributed by atoms with Crippen LogP contribution in [-0.2, 0) is 4.79 Å². The van der Waals surface area contributed by atoms with Crippen LogP contribution in [0.15, 0.2) is 0 Å². The molecule has 1 rings (SSSR count). The van der Waals surface area contributed by atoms with Gasteiger partial charge in [0.05, 0.1) is 0 Å². The molecule has 0 spiro atoms. The quantitative estimate of drug-likeness (QED) is 0.632. The lowest BCUT2D eigenvalue weighted by Crippen LogP contribution is -2.27. The highest BCUT2D eigenvalue weighted by Gasteiger charge is 2.50. The van der Waals surface area contributed by atoms with Crippen molar-refractivity contribution in [3.63, 3.8) is 0 Å². The Balaban J connectivity index is 1.94. The van der Waals surface area contributed by atoms with Crippen LogP contribution in [0, 0.1) is 11.3 Å². The predicted octanol–water partition coefficient (Wildman–Crippen LogP) is 1.70. The van der Waals surface area contributed by atoms with E-state index in [9.17, 15) is 4.79 Å². The van der Waals surface area contributed by atoms with Gasteiger partial charge in [0.2, 0.25) is 5.91 Å². The number of aliphatic hydroxyl groups excluding tert-OH is 1. The topological polar surface area (TPSA) is 49.3 Å². The number of aliphatic hydroxyl groups is 1. The minimum absolute atomic E-state index is 0.224. The summed E-state index contributed by atoms with van der Waals surface area (Å²) >= 11 is 0. The standard InChI is InChI=1S/C12H23NO2/c1-12(2)9-10(12)11(15)13-7-5-3-4-6-8-14/h10,14H,3-9H2,1-2H3,(H,13,15). The fourth-order valence-corrected chi connectivity index (χ4v) is 1.84. The second-order valence-electron chi connectivity index (χ2n) is 5.17. The van der Waals surface area contributed by atoms with Crippen LogP contribution in [0.3, 0.4) is 0 Å². The van der Waals surface area contributed by atoms with Crippen molar-refractivity contribution in [3.05, 3.63) is 0 Å². The van der Waals surface area contributed by atoms with E-state index >= 15 is 0 Å². The van der Waals surface area contributed by atoms with Crippen LogP contribution in [0.4, 0.5) is 0 Å². The van der Waals surface area contributed by atoms with Crippen LogP contribution >= 0.6 is 0 Å². The number of hydrogen-bond donors (Lipinski definition) is 2. The molecule has 1 unspecified atom stereocenters. The van der Waals surface area contributed by atoms with Gasteiger partial charge in [-0.2, -0.15) is 0 Å². The summed E-state index contributed by atoms with van der Waals surface area (Å²) in [4.78, 5) is 11.6. The summed E-state index contributed by atoms with van der Waals surface area (Å²) in [5.41, 5.74) is 0.237. The van der Waals surface area contributed by atoms with Gasteiger partial charge in [0, 0.05) is 19.1 Å². The van der Waals surface area contributed by atoms with Crippen molar-refractivity contribution in [3.8, 4) is 0 Å². The first-order valence-corrected chi connectivity index (χ1v) is 5.96. The zero-order valence-electron chi connectivity index (χ0n) is 9.88. The first-order valence-electron chi connectivity index (χ1n) is 5.96. The van der Waals surface area contributed by atoms with Gasteiger partial charge in [-0.3, -0.25) is 4.79 Å². The van der Waals surface area contributed by atoms with E-state index in [4.69, 9.17) is 5.11 Å². The van der Waals surface area contributed by atoms with Crippen LogP contribution in [0.1, 0.15) is 46.0 Å². The second-order valence-corrected chi connectivity index (χ2v) is 5.17. The molecule has 1 aliphatic rings. The smallest absolute Gasteiger partial charge is 0.223 e. The highest BCUT2D eigenvalue weighted by molar-refractivity contribution is 5.82. The molecule has 0 aromatic rings. The maximum Gasteiger partial charge on any atom is 0.223 e. The zero-order chi connectivity index (χ0) is 11.3. The summed E-state index contributed by atoms with van der Waals surface area (Å²) in [5, 5.41) is 11.6. The third-order valence-corrected chi connectivity index (χ3v) is 3.21. The summed E-state index contributed by atoms with van der Waals surface area (Å²) in [6.45, 7) is 5.34. The van der Waals surface area contributed by atoms with Gasteiger partial charge in [-0.15, -0.1) is 0 Å². The number of hydrogen-bond acceptors (Lipinski definition) is 2. The van der Waals surface area contributed by atoms with Crippen molar-refractivity contribution in [2.75, 3.05) is 13.2 Å². The Kier molecular flexibility index (Phi) is 4.58. The van der Waals surface area contributed by atoms with Crippen molar-refractivity contribution < 1.29 is 9.90 Å². The first-order chi connectivity index (χ1) is 7.08. The lowest BCUT2D eigenvalue weighted by atomic mass is 10.1. The van der Waals surface area contributed by atoms with Crippen LogP contribution < -0.4 is 5.32 Å². The first kappa shape index (κ1) is 12.5. The molecule has 1 fully saturated rings. The van der Waals surface area contributed by atoms with Gasteiger partial charge >= 0.3 is 0 Å². The molecule has 0 radical (unpaired) electrons. The Morgan fingerprint density at radius 2 is 1.93 bits per heavy atom. The lowest BCUT2D eigenvalue weighted by molar-refractivity contribution is -0.122. The van der Waals surface area contributed by atoms with E-state index in [2.05, 4.69) is 19.2 Å². The Labute approximate surface area is 92.3 Å². The van der Waals surface area contributed by atoms with Crippen LogP contribution in [-0.4, -0.2) is 24.2 Å². The van der Waals surface area contributed by atoms with E-state index in [1.807, 2.05) is 0 Å². The molecule has 1 aliphatic carbocycles. The van der Waals surface area contributed by atoms with Gasteiger partial charge in [-0.25, -0.2) is 0 Å². The van der Waals surface area contributed by atoms with E-state index in [0.717, 1.165) is 38.6 Å². The molecule has 2 N–H and O–H groups in total. The van der Waals surface area contributed by atoms with Gasteiger partial charge in [-0.05, 0) is 24.7 Å². The molecular weight excluding hydrogens is 190 g/mol. The fraction of sp³-hybridized carbons (Fsp3) is 0.917. The fourth-order valence-electron chi connectivity index (χ4n) is 1.84. The van der Waals surface area contributed by atoms with Crippen molar-refractivity contribution in [1.29, 1.82) is 0 Å². The van der Waals surface area contributed by atoms with Crippen molar-refractivity contribution in [1.82, 2.24) is 5.32 Å². The second kappa shape index (κ2) is 5.50. The Hall–Kier alpha value is -0.570. The molecule has 0 aromatic carbocycles. The number of carbonyl (C=O) groups is 1.